The number of benzene rings is 2. The molecule has 0 aliphatic heterocycles. The largest absolute Gasteiger partial charge is 0.478 e. The van der Waals surface area contributed by atoms with Crippen molar-refractivity contribution in [2.75, 3.05) is 5.43 Å². The summed E-state index contributed by atoms with van der Waals surface area (Å²) in [5, 5.41) is 13.2. The highest BCUT2D eigenvalue weighted by Crippen LogP contribution is 2.39. The van der Waals surface area contributed by atoms with Gasteiger partial charge in [-0.3, -0.25) is 5.43 Å². The van der Waals surface area contributed by atoms with Crippen LogP contribution in [0.15, 0.2) is 66.0 Å². The fraction of sp³-hybridized carbons (Fsp3) is 0.0476. The molecule has 6 nitrogen and oxygen atoms in total. The molecular weight excluding hydrogens is 372 g/mol. The van der Waals surface area contributed by atoms with Gasteiger partial charge >= 0.3 is 5.97 Å². The number of nitrogens with one attached hydrogen (secondary N) is 1. The van der Waals surface area contributed by atoms with Crippen molar-refractivity contribution >= 4 is 39.6 Å². The van der Waals surface area contributed by atoms with E-state index >= 15 is 0 Å². The van der Waals surface area contributed by atoms with Crippen LogP contribution in [-0.4, -0.2) is 27.3 Å². The van der Waals surface area contributed by atoms with Gasteiger partial charge in [-0.05, 0) is 35.7 Å². The van der Waals surface area contributed by atoms with Crippen molar-refractivity contribution in [2.24, 2.45) is 5.10 Å². The second-order valence-electron chi connectivity index (χ2n) is 6.12. The van der Waals surface area contributed by atoms with Crippen LogP contribution in [0.3, 0.4) is 0 Å². The van der Waals surface area contributed by atoms with Gasteiger partial charge in [-0.1, -0.05) is 42.5 Å². The molecule has 7 heteroatoms. The molecule has 2 heterocycles. The highest BCUT2D eigenvalue weighted by molar-refractivity contribution is 7.23. The molecule has 0 radical (unpaired) electrons. The standard InChI is InChI=1S/C21H16N4O2S/c1-13-17-19(28-18(13)15-5-3-2-4-6-15)20(23-12-22-17)25-24-11-14-7-9-16(10-8-14)21(26)27/h2-12H,1H3,(H,26,27)(H,22,23,25)/b24-11+. The van der Waals surface area contributed by atoms with E-state index < -0.39 is 5.97 Å². The number of anilines is 1. The quantitative estimate of drug-likeness (QED) is 0.378. The van der Waals surface area contributed by atoms with Gasteiger partial charge in [0.05, 0.1) is 22.0 Å². The summed E-state index contributed by atoms with van der Waals surface area (Å²) >= 11 is 1.63. The number of aryl methyl sites for hydroxylation is 1. The van der Waals surface area contributed by atoms with Crippen molar-refractivity contribution in [3.8, 4) is 10.4 Å². The van der Waals surface area contributed by atoms with E-state index in [9.17, 15) is 4.79 Å². The summed E-state index contributed by atoms with van der Waals surface area (Å²) in [5.41, 5.74) is 7.18. The second kappa shape index (κ2) is 7.58. The molecule has 0 aliphatic carbocycles. The number of thiophene rings is 1. The maximum atomic E-state index is 10.9. The van der Waals surface area contributed by atoms with Crippen molar-refractivity contribution < 1.29 is 9.90 Å². The first-order valence-corrected chi connectivity index (χ1v) is 9.37. The molecule has 138 valence electrons. The van der Waals surface area contributed by atoms with Gasteiger partial charge in [0, 0.05) is 4.88 Å². The summed E-state index contributed by atoms with van der Waals surface area (Å²) in [6.45, 7) is 2.06. The minimum atomic E-state index is -0.952. The number of hydrogen-bond donors (Lipinski definition) is 2. The van der Waals surface area contributed by atoms with E-state index in [4.69, 9.17) is 5.11 Å². The van der Waals surface area contributed by atoms with Gasteiger partial charge in [0.2, 0.25) is 0 Å². The summed E-state index contributed by atoms with van der Waals surface area (Å²) < 4.78 is 0.942. The molecule has 0 amide bonds. The molecule has 0 aliphatic rings. The number of hydrazone groups is 1. The summed E-state index contributed by atoms with van der Waals surface area (Å²) in [6, 6.07) is 16.7. The van der Waals surface area contributed by atoms with E-state index in [1.165, 1.54) is 6.33 Å². The predicted octanol–water partition coefficient (Wildman–Crippen LogP) is 4.81. The van der Waals surface area contributed by atoms with Crippen LogP contribution in [0.4, 0.5) is 5.82 Å². The lowest BCUT2D eigenvalue weighted by Gasteiger charge is -2.00. The first-order valence-electron chi connectivity index (χ1n) is 8.55. The maximum absolute atomic E-state index is 10.9. The summed E-state index contributed by atoms with van der Waals surface area (Å²) in [4.78, 5) is 20.8. The Morgan fingerprint density at radius 2 is 1.86 bits per heavy atom. The smallest absolute Gasteiger partial charge is 0.335 e. The Hall–Kier alpha value is -3.58. The van der Waals surface area contributed by atoms with E-state index in [2.05, 4.69) is 39.6 Å². The van der Waals surface area contributed by atoms with Gasteiger partial charge < -0.3 is 5.11 Å². The lowest BCUT2D eigenvalue weighted by atomic mass is 10.1. The lowest BCUT2D eigenvalue weighted by molar-refractivity contribution is 0.0697. The van der Waals surface area contributed by atoms with E-state index in [1.807, 2.05) is 18.2 Å². The van der Waals surface area contributed by atoms with Crippen molar-refractivity contribution in [1.82, 2.24) is 9.97 Å². The van der Waals surface area contributed by atoms with Gasteiger partial charge in [-0.15, -0.1) is 11.3 Å². The molecule has 0 fully saturated rings. The van der Waals surface area contributed by atoms with Crippen LogP contribution in [0.2, 0.25) is 0 Å². The number of hydrogen-bond acceptors (Lipinski definition) is 6. The Morgan fingerprint density at radius 3 is 2.57 bits per heavy atom. The van der Waals surface area contributed by atoms with E-state index in [0.717, 1.165) is 31.8 Å². The molecule has 0 saturated carbocycles. The van der Waals surface area contributed by atoms with Gasteiger partial charge in [0.1, 0.15) is 6.33 Å². The Balaban J connectivity index is 1.61. The highest BCUT2D eigenvalue weighted by atomic mass is 32.1. The molecule has 2 aromatic heterocycles. The number of carboxylic acid groups (broad SMARTS) is 1. The first kappa shape index (κ1) is 17.8. The zero-order chi connectivity index (χ0) is 19.5. The Kier molecular flexibility index (Phi) is 4.82. The van der Waals surface area contributed by atoms with Crippen molar-refractivity contribution in [2.45, 2.75) is 6.92 Å². The number of carbonyl (C=O) groups is 1. The fourth-order valence-electron chi connectivity index (χ4n) is 2.85. The second-order valence-corrected chi connectivity index (χ2v) is 7.14. The number of aromatic carboxylic acids is 1. The molecule has 0 atom stereocenters. The zero-order valence-corrected chi connectivity index (χ0v) is 15.8. The van der Waals surface area contributed by atoms with Gasteiger partial charge in [-0.2, -0.15) is 5.10 Å². The van der Waals surface area contributed by atoms with Gasteiger partial charge in [0.15, 0.2) is 5.82 Å². The summed E-state index contributed by atoms with van der Waals surface area (Å²) in [6.07, 6.45) is 3.15. The normalized spacial score (nSPS) is 11.2. The van der Waals surface area contributed by atoms with Crippen molar-refractivity contribution in [3.63, 3.8) is 0 Å². The number of rotatable bonds is 5. The average Bonchev–Trinajstić information content (AvgIpc) is 3.07. The third-order valence-electron chi connectivity index (χ3n) is 4.28. The first-order chi connectivity index (χ1) is 13.6. The summed E-state index contributed by atoms with van der Waals surface area (Å²) in [5.74, 6) is -0.314. The molecule has 0 bridgehead atoms. The number of carboxylic acids is 1. The highest BCUT2D eigenvalue weighted by Gasteiger charge is 2.14. The SMILES string of the molecule is Cc1c(-c2ccccc2)sc2c(N/N=C/c3ccc(C(=O)O)cc3)ncnc12. The predicted molar refractivity (Wildman–Crippen MR) is 112 cm³/mol. The average molecular weight is 388 g/mol. The molecular formula is C21H16N4O2S. The van der Waals surface area contributed by atoms with Crippen LogP contribution in [0.5, 0.6) is 0 Å². The van der Waals surface area contributed by atoms with Gasteiger partial charge in [0.25, 0.3) is 0 Å². The zero-order valence-electron chi connectivity index (χ0n) is 15.0. The minimum absolute atomic E-state index is 0.241. The van der Waals surface area contributed by atoms with Crippen LogP contribution in [-0.2, 0) is 0 Å². The molecule has 0 saturated heterocycles. The van der Waals surface area contributed by atoms with E-state index in [-0.39, 0.29) is 5.56 Å². The van der Waals surface area contributed by atoms with Crippen LogP contribution in [0.1, 0.15) is 21.5 Å². The monoisotopic (exact) mass is 388 g/mol. The molecule has 2 aromatic carbocycles. The van der Waals surface area contributed by atoms with Crippen LogP contribution in [0.25, 0.3) is 20.7 Å². The van der Waals surface area contributed by atoms with Crippen LogP contribution >= 0.6 is 11.3 Å². The van der Waals surface area contributed by atoms with Crippen molar-refractivity contribution in [1.29, 1.82) is 0 Å². The Bertz CT molecular complexity index is 1170. The fourth-order valence-corrected chi connectivity index (χ4v) is 4.05. The third-order valence-corrected chi connectivity index (χ3v) is 5.62. The lowest BCUT2D eigenvalue weighted by Crippen LogP contribution is -1.97. The van der Waals surface area contributed by atoms with Gasteiger partial charge in [-0.25, -0.2) is 14.8 Å². The Morgan fingerprint density at radius 1 is 1.11 bits per heavy atom. The molecule has 4 rings (SSSR count). The Labute approximate surface area is 165 Å². The molecule has 0 unspecified atom stereocenters. The van der Waals surface area contributed by atoms with Crippen molar-refractivity contribution in [3.05, 3.63) is 77.6 Å². The van der Waals surface area contributed by atoms with E-state index in [1.54, 1.807) is 41.8 Å². The molecule has 28 heavy (non-hydrogen) atoms. The summed E-state index contributed by atoms with van der Waals surface area (Å²) in [7, 11) is 0. The molecule has 0 spiro atoms. The van der Waals surface area contributed by atoms with Crippen LogP contribution in [0, 0.1) is 6.92 Å². The molecule has 2 N–H and O–H groups in total. The topological polar surface area (TPSA) is 87.5 Å². The number of fused-ring (bicyclic) bond motifs is 1. The maximum Gasteiger partial charge on any atom is 0.335 e. The third kappa shape index (κ3) is 3.47. The number of nitrogens with zero attached hydrogens (tertiary/aromatic N) is 3. The molecule has 4 aromatic rings. The van der Waals surface area contributed by atoms with E-state index in [0.29, 0.717) is 5.82 Å². The minimum Gasteiger partial charge on any atom is -0.478 e. The number of aromatic nitrogens is 2. The van der Waals surface area contributed by atoms with Crippen LogP contribution < -0.4 is 5.43 Å².